The van der Waals surface area contributed by atoms with E-state index in [0.29, 0.717) is 74.3 Å². The number of carbonyl (C=O) groups excluding carboxylic acids is 1. The van der Waals surface area contributed by atoms with E-state index in [2.05, 4.69) is 4.90 Å². The summed E-state index contributed by atoms with van der Waals surface area (Å²) in [6.07, 6.45) is 0.999. The lowest BCUT2D eigenvalue weighted by atomic mass is 10.1. The smallest absolute Gasteiger partial charge is 0.163 e. The highest BCUT2D eigenvalue weighted by atomic mass is 19.1. The number of methoxy groups -OCH3 is 3. The Balaban J connectivity index is 1.59. The number of halogens is 1. The van der Waals surface area contributed by atoms with Crippen molar-refractivity contribution in [2.45, 2.75) is 32.4 Å². The third-order valence-corrected chi connectivity index (χ3v) is 5.59. The number of ketones is 1. The molecule has 1 heterocycles. The van der Waals surface area contributed by atoms with Gasteiger partial charge >= 0.3 is 0 Å². The van der Waals surface area contributed by atoms with Crippen molar-refractivity contribution in [2.75, 3.05) is 47.6 Å². The van der Waals surface area contributed by atoms with E-state index in [1.54, 1.807) is 20.1 Å². The average molecular weight is 462 g/mol. The third kappa shape index (κ3) is 6.82. The molecule has 180 valence electrons. The highest BCUT2D eigenvalue weighted by Crippen LogP contribution is 2.31. The van der Waals surface area contributed by atoms with Gasteiger partial charge in [-0.1, -0.05) is 6.07 Å². The molecule has 33 heavy (non-hydrogen) atoms. The quantitative estimate of drug-likeness (QED) is 0.506. The lowest BCUT2D eigenvalue weighted by Crippen LogP contribution is -2.44. The van der Waals surface area contributed by atoms with E-state index < -0.39 is 0 Å². The summed E-state index contributed by atoms with van der Waals surface area (Å²) in [5.41, 5.74) is 1.56. The van der Waals surface area contributed by atoms with Crippen LogP contribution in [0.15, 0.2) is 30.3 Å². The Bertz CT molecular complexity index is 951. The number of benzene rings is 2. The summed E-state index contributed by atoms with van der Waals surface area (Å²) < 4.78 is 42.3. The molecule has 1 unspecified atom stereocenters. The van der Waals surface area contributed by atoms with Crippen molar-refractivity contribution in [3.8, 4) is 23.0 Å². The molecule has 8 heteroatoms. The summed E-state index contributed by atoms with van der Waals surface area (Å²) >= 11 is 0. The standard InChI is InChI=1S/C25H32FNO6/c1-17(28)5-6-18-7-8-22(23(11-18)29-2)33-16-20-15-27(9-10-32-20)14-19-12-24(30-3)25(31-4)13-21(19)26/h7-8,11-13,20H,5-6,9-10,14-16H2,1-4H3. The molecule has 0 spiro atoms. The van der Waals surface area contributed by atoms with Crippen molar-refractivity contribution >= 4 is 5.78 Å². The molecule has 0 saturated carbocycles. The van der Waals surface area contributed by atoms with Gasteiger partial charge in [0, 0.05) is 37.7 Å². The van der Waals surface area contributed by atoms with Crippen LogP contribution in [0.4, 0.5) is 4.39 Å². The van der Waals surface area contributed by atoms with E-state index in [1.807, 2.05) is 18.2 Å². The summed E-state index contributed by atoms with van der Waals surface area (Å²) in [5.74, 6) is 1.93. The predicted octanol–water partition coefficient (Wildman–Crippen LogP) is 3.65. The Hall–Kier alpha value is -2.84. The second kappa shape index (κ2) is 11.9. The number of Topliss-reactive ketones (excluding diaryl/α,β-unsaturated/α-hetero) is 1. The van der Waals surface area contributed by atoms with Gasteiger partial charge in [0.2, 0.25) is 0 Å². The molecule has 1 fully saturated rings. The minimum Gasteiger partial charge on any atom is -0.493 e. The Morgan fingerprint density at radius 3 is 2.45 bits per heavy atom. The Morgan fingerprint density at radius 1 is 1.06 bits per heavy atom. The lowest BCUT2D eigenvalue weighted by Gasteiger charge is -2.33. The number of hydrogen-bond donors (Lipinski definition) is 0. The molecular weight excluding hydrogens is 429 g/mol. The van der Waals surface area contributed by atoms with Crippen LogP contribution in [0.2, 0.25) is 0 Å². The maximum Gasteiger partial charge on any atom is 0.163 e. The number of morpholine rings is 1. The first-order valence-corrected chi connectivity index (χ1v) is 11.0. The molecule has 1 saturated heterocycles. The zero-order chi connectivity index (χ0) is 23.8. The SMILES string of the molecule is COc1cc(F)c(CN2CCOC(COc3ccc(CCC(C)=O)cc3OC)C2)cc1OC. The average Bonchev–Trinajstić information content (AvgIpc) is 2.82. The summed E-state index contributed by atoms with van der Waals surface area (Å²) in [6, 6.07) is 8.71. The number of nitrogens with zero attached hydrogens (tertiary/aromatic N) is 1. The van der Waals surface area contributed by atoms with Crippen LogP contribution in [0.1, 0.15) is 24.5 Å². The van der Waals surface area contributed by atoms with E-state index in [9.17, 15) is 9.18 Å². The maximum absolute atomic E-state index is 14.5. The molecule has 0 N–H and O–H groups in total. The Labute approximate surface area is 194 Å². The Morgan fingerprint density at radius 2 is 1.76 bits per heavy atom. The minimum absolute atomic E-state index is 0.154. The van der Waals surface area contributed by atoms with Gasteiger partial charge in [-0.25, -0.2) is 4.39 Å². The Kier molecular flexibility index (Phi) is 8.91. The molecule has 1 aliphatic rings. The first-order valence-electron chi connectivity index (χ1n) is 11.0. The molecule has 0 amide bonds. The van der Waals surface area contributed by atoms with Gasteiger partial charge in [-0.05, 0) is 37.1 Å². The van der Waals surface area contributed by atoms with Gasteiger partial charge < -0.3 is 28.5 Å². The van der Waals surface area contributed by atoms with Gasteiger partial charge in [-0.2, -0.15) is 0 Å². The van der Waals surface area contributed by atoms with Gasteiger partial charge in [0.25, 0.3) is 0 Å². The molecule has 2 aromatic carbocycles. The van der Waals surface area contributed by atoms with Gasteiger partial charge in [0.15, 0.2) is 23.0 Å². The molecule has 7 nitrogen and oxygen atoms in total. The molecule has 2 aromatic rings. The first kappa shape index (κ1) is 24.8. The molecule has 0 bridgehead atoms. The van der Waals surface area contributed by atoms with Crippen LogP contribution in [0.3, 0.4) is 0 Å². The predicted molar refractivity (Wildman–Crippen MR) is 122 cm³/mol. The monoisotopic (exact) mass is 461 g/mol. The number of aryl methyl sites for hydroxylation is 1. The maximum atomic E-state index is 14.5. The van der Waals surface area contributed by atoms with Crippen LogP contribution < -0.4 is 18.9 Å². The van der Waals surface area contributed by atoms with Crippen LogP contribution in [-0.2, 0) is 22.5 Å². The first-order chi connectivity index (χ1) is 15.9. The summed E-state index contributed by atoms with van der Waals surface area (Å²) in [7, 11) is 4.61. The van der Waals surface area contributed by atoms with Crippen molar-refractivity contribution in [1.29, 1.82) is 0 Å². The van der Waals surface area contributed by atoms with Crippen LogP contribution >= 0.6 is 0 Å². The minimum atomic E-state index is -0.332. The molecule has 0 aromatic heterocycles. The van der Waals surface area contributed by atoms with Crippen molar-refractivity contribution in [3.05, 3.63) is 47.3 Å². The fourth-order valence-electron chi connectivity index (χ4n) is 3.77. The van der Waals surface area contributed by atoms with Crippen molar-refractivity contribution < 1.29 is 32.9 Å². The van der Waals surface area contributed by atoms with Gasteiger partial charge in [-0.3, -0.25) is 4.90 Å². The molecule has 0 radical (unpaired) electrons. The van der Waals surface area contributed by atoms with Crippen LogP contribution in [-0.4, -0.2) is 64.4 Å². The molecule has 1 aliphatic heterocycles. The molecule has 3 rings (SSSR count). The van der Waals surface area contributed by atoms with Crippen molar-refractivity contribution in [1.82, 2.24) is 4.90 Å². The highest BCUT2D eigenvalue weighted by molar-refractivity contribution is 5.75. The third-order valence-electron chi connectivity index (χ3n) is 5.59. The summed E-state index contributed by atoms with van der Waals surface area (Å²) in [5, 5.41) is 0. The zero-order valence-corrected chi connectivity index (χ0v) is 19.7. The number of carbonyl (C=O) groups is 1. The molecule has 0 aliphatic carbocycles. The summed E-state index contributed by atoms with van der Waals surface area (Å²) in [4.78, 5) is 13.4. The van der Waals surface area contributed by atoms with Gasteiger partial charge in [0.05, 0.1) is 27.9 Å². The lowest BCUT2D eigenvalue weighted by molar-refractivity contribution is -0.116. The molecular formula is C25H32FNO6. The van der Waals surface area contributed by atoms with Crippen LogP contribution in [0, 0.1) is 5.82 Å². The van der Waals surface area contributed by atoms with E-state index in [-0.39, 0.29) is 17.7 Å². The second-order valence-corrected chi connectivity index (χ2v) is 8.02. The fourth-order valence-corrected chi connectivity index (χ4v) is 3.77. The van der Waals surface area contributed by atoms with Crippen molar-refractivity contribution in [2.24, 2.45) is 0 Å². The molecule has 1 atom stereocenters. The second-order valence-electron chi connectivity index (χ2n) is 8.02. The van der Waals surface area contributed by atoms with E-state index >= 15 is 0 Å². The largest absolute Gasteiger partial charge is 0.493 e. The zero-order valence-electron chi connectivity index (χ0n) is 19.7. The van der Waals surface area contributed by atoms with E-state index in [1.165, 1.54) is 20.3 Å². The fraction of sp³-hybridized carbons (Fsp3) is 0.480. The number of ether oxygens (including phenoxy) is 5. The summed E-state index contributed by atoms with van der Waals surface area (Å²) in [6.45, 7) is 4.19. The number of hydrogen-bond acceptors (Lipinski definition) is 7. The van der Waals surface area contributed by atoms with Crippen LogP contribution in [0.5, 0.6) is 23.0 Å². The van der Waals surface area contributed by atoms with Crippen LogP contribution in [0.25, 0.3) is 0 Å². The van der Waals surface area contributed by atoms with E-state index in [0.717, 1.165) is 5.56 Å². The van der Waals surface area contributed by atoms with Crippen molar-refractivity contribution in [3.63, 3.8) is 0 Å². The highest BCUT2D eigenvalue weighted by Gasteiger charge is 2.23. The number of rotatable bonds is 11. The topological polar surface area (TPSA) is 66.5 Å². The van der Waals surface area contributed by atoms with Gasteiger partial charge in [-0.15, -0.1) is 0 Å². The van der Waals surface area contributed by atoms with E-state index in [4.69, 9.17) is 23.7 Å². The normalized spacial score (nSPS) is 16.3. The van der Waals surface area contributed by atoms with Gasteiger partial charge in [0.1, 0.15) is 24.3 Å².